The summed E-state index contributed by atoms with van der Waals surface area (Å²) in [4.78, 5) is 10.1. The van der Waals surface area contributed by atoms with Crippen molar-refractivity contribution in [2.24, 2.45) is 0 Å². The smallest absolute Gasteiger partial charge is 0.275 e. The van der Waals surface area contributed by atoms with E-state index < -0.39 is 21.0 Å². The number of sulfonamides is 1. The summed E-state index contributed by atoms with van der Waals surface area (Å²) in [6.45, 7) is 1.47. The van der Waals surface area contributed by atoms with Crippen molar-refractivity contribution < 1.29 is 18.4 Å². The Labute approximate surface area is 127 Å². The maximum atomic E-state index is 12.6. The third-order valence-electron chi connectivity index (χ3n) is 3.63. The van der Waals surface area contributed by atoms with Crippen molar-refractivity contribution in [3.8, 4) is 0 Å². The first-order chi connectivity index (χ1) is 9.78. The molecule has 2 rings (SSSR count). The van der Waals surface area contributed by atoms with Gasteiger partial charge in [-0.1, -0.05) is 11.6 Å². The molecule has 116 valence electrons. The molecule has 1 atom stereocenters. The van der Waals surface area contributed by atoms with Crippen LogP contribution in [0.15, 0.2) is 17.0 Å². The number of halogens is 1. The Kier molecular flexibility index (Phi) is 4.52. The number of nitrogens with zero attached hydrogens (tertiary/aromatic N) is 2. The van der Waals surface area contributed by atoms with E-state index in [2.05, 4.69) is 0 Å². The molecule has 0 aliphatic carbocycles. The molecule has 0 amide bonds. The molecule has 1 aromatic rings. The summed E-state index contributed by atoms with van der Waals surface area (Å²) in [7, 11) is -3.91. The van der Waals surface area contributed by atoms with Crippen LogP contribution in [0.1, 0.15) is 18.4 Å². The van der Waals surface area contributed by atoms with Gasteiger partial charge in [0, 0.05) is 24.2 Å². The molecule has 1 aliphatic rings. The molecule has 0 saturated carbocycles. The first-order valence-electron chi connectivity index (χ1n) is 6.36. The first-order valence-corrected chi connectivity index (χ1v) is 8.18. The van der Waals surface area contributed by atoms with Gasteiger partial charge in [0.1, 0.15) is 0 Å². The lowest BCUT2D eigenvalue weighted by molar-refractivity contribution is -0.385. The van der Waals surface area contributed by atoms with E-state index in [0.717, 1.165) is 6.07 Å². The maximum Gasteiger partial charge on any atom is 0.275 e. The minimum Gasteiger partial charge on any atom is -0.395 e. The van der Waals surface area contributed by atoms with Gasteiger partial charge in [-0.05, 0) is 25.8 Å². The molecule has 9 heteroatoms. The largest absolute Gasteiger partial charge is 0.395 e. The van der Waals surface area contributed by atoms with E-state index in [9.17, 15) is 23.6 Å². The van der Waals surface area contributed by atoms with Gasteiger partial charge in [0.2, 0.25) is 10.0 Å². The molecule has 0 spiro atoms. The highest BCUT2D eigenvalue weighted by atomic mass is 35.5. The van der Waals surface area contributed by atoms with Crippen LogP contribution >= 0.6 is 11.6 Å². The maximum absolute atomic E-state index is 12.6. The lowest BCUT2D eigenvalue weighted by Gasteiger charge is -2.22. The van der Waals surface area contributed by atoms with Crippen LogP contribution in [0.25, 0.3) is 0 Å². The molecule has 1 heterocycles. The van der Waals surface area contributed by atoms with Gasteiger partial charge < -0.3 is 5.11 Å². The van der Waals surface area contributed by atoms with E-state index in [4.69, 9.17) is 11.6 Å². The lowest BCUT2D eigenvalue weighted by Crippen LogP contribution is -2.37. The van der Waals surface area contributed by atoms with Crippen molar-refractivity contribution in [2.45, 2.75) is 30.7 Å². The molecule has 7 nitrogen and oxygen atoms in total. The first kappa shape index (κ1) is 16.2. The van der Waals surface area contributed by atoms with Crippen molar-refractivity contribution in [3.05, 3.63) is 32.8 Å². The zero-order valence-electron chi connectivity index (χ0n) is 11.3. The summed E-state index contributed by atoms with van der Waals surface area (Å²) in [5, 5.41) is 20.3. The zero-order chi connectivity index (χ0) is 15.8. The second-order valence-corrected chi connectivity index (χ2v) is 7.20. The van der Waals surface area contributed by atoms with Gasteiger partial charge in [-0.25, -0.2) is 8.42 Å². The third kappa shape index (κ3) is 2.89. The van der Waals surface area contributed by atoms with Crippen molar-refractivity contribution in [2.75, 3.05) is 13.2 Å². The predicted octanol–water partition coefficient (Wildman–Crippen LogP) is 1.70. The Bertz CT molecular complexity index is 676. The Balaban J connectivity index is 2.53. The van der Waals surface area contributed by atoms with Crippen molar-refractivity contribution >= 4 is 27.3 Å². The van der Waals surface area contributed by atoms with E-state index in [0.29, 0.717) is 12.8 Å². The Hall–Kier alpha value is -1.22. The van der Waals surface area contributed by atoms with Crippen LogP contribution in [0.4, 0.5) is 5.69 Å². The van der Waals surface area contributed by atoms with Gasteiger partial charge in [0.05, 0.1) is 21.4 Å². The van der Waals surface area contributed by atoms with Gasteiger partial charge in [-0.2, -0.15) is 4.31 Å². The quantitative estimate of drug-likeness (QED) is 0.667. The molecular weight excluding hydrogens is 320 g/mol. The molecule has 0 bridgehead atoms. The number of aliphatic hydroxyl groups is 1. The van der Waals surface area contributed by atoms with Crippen LogP contribution in [-0.2, 0) is 10.0 Å². The topological polar surface area (TPSA) is 101 Å². The molecule has 1 fully saturated rings. The minimum atomic E-state index is -3.91. The Morgan fingerprint density at radius 3 is 2.76 bits per heavy atom. The summed E-state index contributed by atoms with van der Waals surface area (Å²) < 4.78 is 26.3. The average Bonchev–Trinajstić information content (AvgIpc) is 2.90. The van der Waals surface area contributed by atoms with E-state index in [1.54, 1.807) is 0 Å². The number of benzene rings is 1. The second-order valence-electron chi connectivity index (χ2n) is 4.90. The van der Waals surface area contributed by atoms with Crippen LogP contribution < -0.4 is 0 Å². The molecular formula is C12H15ClN2O5S. The fraction of sp³-hybridized carbons (Fsp3) is 0.500. The molecule has 0 aromatic heterocycles. The monoisotopic (exact) mass is 334 g/mol. The molecule has 1 aliphatic heterocycles. The SMILES string of the molecule is Cc1c(Cl)cc(S(=O)(=O)N2CCC[C@H]2CO)cc1[N+](=O)[O-]. The predicted molar refractivity (Wildman–Crippen MR) is 76.8 cm³/mol. The standard InChI is InChI=1S/C12H15ClN2O5S/c1-8-11(13)5-10(6-12(8)15(17)18)21(19,20)14-4-2-3-9(14)7-16/h5-6,9,16H,2-4,7H2,1H3/t9-/m0/s1. The van der Waals surface area contributed by atoms with Crippen LogP contribution in [-0.4, -0.2) is 41.9 Å². The van der Waals surface area contributed by atoms with Gasteiger partial charge in [0.15, 0.2) is 0 Å². The fourth-order valence-corrected chi connectivity index (χ4v) is 4.43. The summed E-state index contributed by atoms with van der Waals surface area (Å²) in [6, 6.07) is 1.74. The number of aliphatic hydroxyl groups excluding tert-OH is 1. The summed E-state index contributed by atoms with van der Waals surface area (Å²) in [6.07, 6.45) is 1.21. The van der Waals surface area contributed by atoms with Crippen LogP contribution in [0.5, 0.6) is 0 Å². The number of rotatable bonds is 4. The van der Waals surface area contributed by atoms with Crippen LogP contribution in [0.2, 0.25) is 5.02 Å². The average molecular weight is 335 g/mol. The number of hydrogen-bond acceptors (Lipinski definition) is 5. The van der Waals surface area contributed by atoms with Gasteiger partial charge >= 0.3 is 0 Å². The van der Waals surface area contributed by atoms with E-state index >= 15 is 0 Å². The normalized spacial score (nSPS) is 19.9. The molecule has 1 N–H and O–H groups in total. The van der Waals surface area contributed by atoms with Crippen molar-refractivity contribution in [3.63, 3.8) is 0 Å². The Morgan fingerprint density at radius 1 is 1.52 bits per heavy atom. The van der Waals surface area contributed by atoms with Gasteiger partial charge in [0.25, 0.3) is 5.69 Å². The van der Waals surface area contributed by atoms with E-state index in [-0.39, 0.29) is 34.3 Å². The second kappa shape index (κ2) is 5.88. The summed E-state index contributed by atoms with van der Waals surface area (Å²) in [5.74, 6) is 0. The van der Waals surface area contributed by atoms with Crippen LogP contribution in [0.3, 0.4) is 0 Å². The number of nitro groups is 1. The van der Waals surface area contributed by atoms with Gasteiger partial charge in [-0.3, -0.25) is 10.1 Å². The number of nitro benzene ring substituents is 1. The lowest BCUT2D eigenvalue weighted by atomic mass is 10.2. The van der Waals surface area contributed by atoms with Gasteiger partial charge in [-0.15, -0.1) is 0 Å². The summed E-state index contributed by atoms with van der Waals surface area (Å²) in [5.41, 5.74) is -0.110. The molecule has 21 heavy (non-hydrogen) atoms. The Morgan fingerprint density at radius 2 is 2.19 bits per heavy atom. The van der Waals surface area contributed by atoms with Crippen molar-refractivity contribution in [1.29, 1.82) is 0 Å². The molecule has 1 saturated heterocycles. The zero-order valence-corrected chi connectivity index (χ0v) is 12.9. The number of hydrogen-bond donors (Lipinski definition) is 1. The fourth-order valence-electron chi connectivity index (χ4n) is 2.42. The highest BCUT2D eigenvalue weighted by Crippen LogP contribution is 2.33. The molecule has 0 unspecified atom stereocenters. The van der Waals surface area contributed by atoms with E-state index in [1.165, 1.54) is 17.3 Å². The minimum absolute atomic E-state index is 0.0301. The van der Waals surface area contributed by atoms with E-state index in [1.807, 2.05) is 0 Å². The molecule has 0 radical (unpaired) electrons. The molecule has 1 aromatic carbocycles. The highest BCUT2D eigenvalue weighted by molar-refractivity contribution is 7.89. The van der Waals surface area contributed by atoms with Crippen LogP contribution in [0, 0.1) is 17.0 Å². The third-order valence-corrected chi connectivity index (χ3v) is 5.95. The summed E-state index contributed by atoms with van der Waals surface area (Å²) >= 11 is 5.91. The van der Waals surface area contributed by atoms with Crippen molar-refractivity contribution in [1.82, 2.24) is 4.31 Å². The highest BCUT2D eigenvalue weighted by Gasteiger charge is 2.36.